The van der Waals surface area contributed by atoms with Crippen LogP contribution in [0.2, 0.25) is 0 Å². The summed E-state index contributed by atoms with van der Waals surface area (Å²) >= 11 is 0. The van der Waals surface area contributed by atoms with E-state index in [-0.39, 0.29) is 39.2 Å². The molecule has 3 heterocycles. The van der Waals surface area contributed by atoms with Crippen LogP contribution >= 0.6 is 0 Å². The number of fused-ring (bicyclic) bond motifs is 5. The molecule has 2 aliphatic heterocycles. The van der Waals surface area contributed by atoms with Crippen LogP contribution in [0.5, 0.6) is 0 Å². The van der Waals surface area contributed by atoms with E-state index in [0.29, 0.717) is 5.89 Å². The molecule has 370 valence electrons. The van der Waals surface area contributed by atoms with E-state index in [1.54, 1.807) is 5.56 Å². The summed E-state index contributed by atoms with van der Waals surface area (Å²) in [6, 6.07) is 43.5. The Morgan fingerprint density at radius 3 is 1.44 bits per heavy atom. The summed E-state index contributed by atoms with van der Waals surface area (Å²) < 4.78 is 6.96. The van der Waals surface area contributed by atoms with Crippen molar-refractivity contribution in [1.29, 1.82) is 0 Å². The van der Waals surface area contributed by atoms with Gasteiger partial charge in [-0.1, -0.05) is 146 Å². The lowest BCUT2D eigenvalue weighted by molar-refractivity contribution is -0.00514. The monoisotopic (exact) mass is 952 g/mol. The Morgan fingerprint density at radius 2 is 0.931 bits per heavy atom. The first-order chi connectivity index (χ1) is 33.7. The van der Waals surface area contributed by atoms with E-state index in [9.17, 15) is 0 Å². The largest absolute Gasteiger partial charge is 0.436 e. The van der Waals surface area contributed by atoms with E-state index >= 15 is 0 Å². The summed E-state index contributed by atoms with van der Waals surface area (Å²) in [4.78, 5) is 10.7. The lowest BCUT2D eigenvalue weighted by Crippen LogP contribution is -2.61. The summed E-state index contributed by atoms with van der Waals surface area (Å²) in [5.74, 6) is 3.13. The Morgan fingerprint density at radius 1 is 0.458 bits per heavy atom. The van der Waals surface area contributed by atoms with Crippen molar-refractivity contribution in [2.75, 3.05) is 9.80 Å². The van der Waals surface area contributed by atoms with E-state index in [4.69, 9.17) is 9.40 Å². The molecule has 0 radical (unpaired) electrons. The lowest BCUT2D eigenvalue weighted by atomic mass is 9.33. The van der Waals surface area contributed by atoms with Crippen molar-refractivity contribution in [3.8, 4) is 11.5 Å². The first-order valence-electron chi connectivity index (χ1n) is 27.5. The van der Waals surface area contributed by atoms with Crippen LogP contribution in [0.4, 0.5) is 34.1 Å². The minimum Gasteiger partial charge on any atom is -0.436 e. The molecule has 6 aliphatic rings. The van der Waals surface area contributed by atoms with Gasteiger partial charge in [-0.25, -0.2) is 4.98 Å². The second-order valence-electron chi connectivity index (χ2n) is 28.5. The van der Waals surface area contributed by atoms with E-state index < -0.39 is 0 Å². The predicted octanol–water partition coefficient (Wildman–Crippen LogP) is 16.5. The Kier molecular flexibility index (Phi) is 10.4. The highest BCUT2D eigenvalue weighted by atomic mass is 16.3. The zero-order valence-corrected chi connectivity index (χ0v) is 46.2. The van der Waals surface area contributed by atoms with Gasteiger partial charge in [0.15, 0.2) is 5.58 Å². The minimum absolute atomic E-state index is 0.0439. The van der Waals surface area contributed by atoms with Crippen LogP contribution in [0.15, 0.2) is 114 Å². The topological polar surface area (TPSA) is 32.5 Å². The lowest BCUT2D eigenvalue weighted by Gasteiger charge is -2.57. The van der Waals surface area contributed by atoms with Crippen LogP contribution in [0, 0.1) is 17.8 Å². The van der Waals surface area contributed by atoms with Crippen LogP contribution in [-0.4, -0.2) is 11.7 Å². The van der Waals surface area contributed by atoms with Crippen molar-refractivity contribution in [3.05, 3.63) is 143 Å². The van der Waals surface area contributed by atoms with Gasteiger partial charge in [-0.15, -0.1) is 0 Å². The zero-order valence-electron chi connectivity index (χ0n) is 46.2. The van der Waals surface area contributed by atoms with E-state index in [1.807, 2.05) is 0 Å². The van der Waals surface area contributed by atoms with Crippen molar-refractivity contribution < 1.29 is 4.42 Å². The van der Waals surface area contributed by atoms with Gasteiger partial charge in [-0.2, -0.15) is 0 Å². The molecule has 0 unspecified atom stereocenters. The number of rotatable bonds is 4. The summed E-state index contributed by atoms with van der Waals surface area (Å²) in [7, 11) is 0. The number of nitrogens with zero attached hydrogens (tertiary/aromatic N) is 3. The molecule has 0 spiro atoms. The Bertz CT molecular complexity index is 3230. The summed E-state index contributed by atoms with van der Waals surface area (Å²) in [6.45, 7) is 35.0. The Hall–Kier alpha value is -5.55. The van der Waals surface area contributed by atoms with Crippen LogP contribution in [0.3, 0.4) is 0 Å². The number of aromatic nitrogens is 1. The smallest absolute Gasteiger partial charge is 0.252 e. The van der Waals surface area contributed by atoms with Gasteiger partial charge >= 0.3 is 0 Å². The van der Waals surface area contributed by atoms with E-state index in [2.05, 4.69) is 223 Å². The first-order valence-corrected chi connectivity index (χ1v) is 27.5. The molecule has 0 atom stereocenters. The molecule has 0 saturated heterocycles. The van der Waals surface area contributed by atoms with Gasteiger partial charge in [0, 0.05) is 45.8 Å². The van der Waals surface area contributed by atoms with Gasteiger partial charge < -0.3 is 14.2 Å². The van der Waals surface area contributed by atoms with Gasteiger partial charge in [0.1, 0.15) is 5.52 Å². The van der Waals surface area contributed by atoms with Gasteiger partial charge in [0.05, 0.1) is 0 Å². The van der Waals surface area contributed by atoms with Crippen molar-refractivity contribution in [2.45, 2.75) is 175 Å². The summed E-state index contributed by atoms with van der Waals surface area (Å²) in [5.41, 5.74) is 22.5. The maximum Gasteiger partial charge on any atom is 0.252 e. The van der Waals surface area contributed by atoms with Gasteiger partial charge in [-0.3, -0.25) is 0 Å². The third kappa shape index (κ3) is 7.80. The van der Waals surface area contributed by atoms with E-state index in [1.165, 1.54) is 117 Å². The average Bonchev–Trinajstić information content (AvgIpc) is 3.72. The molecular weight excluding hydrogens is 874 g/mol. The van der Waals surface area contributed by atoms with Crippen LogP contribution in [0.1, 0.15) is 176 Å². The van der Waals surface area contributed by atoms with Crippen LogP contribution in [-0.2, 0) is 32.5 Å². The molecule has 6 aromatic carbocycles. The molecule has 5 heteroatoms. The SMILES string of the molecule is CC(C)(C)c1ccc(-c2nc3cc4c(cc3o2)N(c2cc(C(C)(C)C)cc(C(C)(C)C)c2)c2cc(C35CC6CC(CC(C6)C3)C5)cc3c2B4c2cc(C(C)(C)C)ccc2N3c2ccc(C(C)(C)C)cc2)cc1. The molecule has 1 aromatic heterocycles. The predicted molar refractivity (Wildman–Crippen MR) is 307 cm³/mol. The second-order valence-corrected chi connectivity index (χ2v) is 28.5. The van der Waals surface area contributed by atoms with Gasteiger partial charge in [0.2, 0.25) is 5.89 Å². The molecule has 4 aliphatic carbocycles. The molecule has 4 nitrogen and oxygen atoms in total. The normalized spacial score (nSPS) is 21.6. The maximum atomic E-state index is 6.96. The minimum atomic E-state index is -0.0672. The number of oxazole rings is 1. The Balaban J connectivity index is 1.19. The fraction of sp³-hybridized carbons (Fsp3) is 0.448. The standard InChI is InChI=1S/C67H78BN3O/c1-62(2,3)44-18-16-43(17-19-44)61-69-54-35-53-56(36-59(54)72-61)71(51-30-47(65(10,11)12)29-48(31-51)66(13,14)15)58-34-49(67-37-40-26-41(38-67)28-42(27-40)39-67)33-57-60(58)68(53)52-32-46(64(7,8)9)22-25-55(52)70(57)50-23-20-45(21-24-50)63(4,5)6/h16-25,29-36,40-42H,26-28,37-39H2,1-15H3. The van der Waals surface area contributed by atoms with Crippen molar-refractivity contribution >= 4 is 68.3 Å². The van der Waals surface area contributed by atoms with Crippen molar-refractivity contribution in [2.24, 2.45) is 17.8 Å². The fourth-order valence-electron chi connectivity index (χ4n) is 14.2. The summed E-state index contributed by atoms with van der Waals surface area (Å²) in [6.07, 6.45) is 8.15. The molecular formula is C67H78BN3O. The zero-order chi connectivity index (χ0) is 50.8. The van der Waals surface area contributed by atoms with Crippen molar-refractivity contribution in [3.63, 3.8) is 0 Å². The van der Waals surface area contributed by atoms with Crippen LogP contribution in [0.25, 0.3) is 22.6 Å². The summed E-state index contributed by atoms with van der Waals surface area (Å²) in [5, 5.41) is 0. The molecule has 4 saturated carbocycles. The van der Waals surface area contributed by atoms with Gasteiger partial charge in [-0.05, 0) is 199 Å². The molecule has 4 fully saturated rings. The van der Waals surface area contributed by atoms with E-state index in [0.717, 1.165) is 34.4 Å². The molecule has 0 N–H and O–H groups in total. The molecule has 13 rings (SSSR count). The molecule has 72 heavy (non-hydrogen) atoms. The molecule has 4 bridgehead atoms. The van der Waals surface area contributed by atoms with Crippen LogP contribution < -0.4 is 26.2 Å². The first kappa shape index (κ1) is 47.5. The number of benzene rings is 6. The average molecular weight is 952 g/mol. The molecule has 7 aromatic rings. The number of hydrogen-bond acceptors (Lipinski definition) is 4. The quantitative estimate of drug-likeness (QED) is 0.165. The highest BCUT2D eigenvalue weighted by Gasteiger charge is 2.53. The molecule has 0 amide bonds. The number of anilines is 6. The highest BCUT2D eigenvalue weighted by Crippen LogP contribution is 2.62. The fourth-order valence-corrected chi connectivity index (χ4v) is 14.2. The third-order valence-corrected chi connectivity index (χ3v) is 18.0. The third-order valence-electron chi connectivity index (χ3n) is 18.0. The Labute approximate surface area is 432 Å². The van der Waals surface area contributed by atoms with Gasteiger partial charge in [0.25, 0.3) is 6.71 Å². The highest BCUT2D eigenvalue weighted by molar-refractivity contribution is 7.00. The van der Waals surface area contributed by atoms with Crippen molar-refractivity contribution in [1.82, 2.24) is 4.98 Å². The number of hydrogen-bond donors (Lipinski definition) is 0. The maximum absolute atomic E-state index is 6.96. The second kappa shape index (κ2) is 15.7.